The van der Waals surface area contributed by atoms with Gasteiger partial charge in [-0.1, -0.05) is 6.42 Å². The van der Waals surface area contributed by atoms with Crippen molar-refractivity contribution in [1.82, 2.24) is 20.5 Å². The lowest BCUT2D eigenvalue weighted by Crippen LogP contribution is -2.39. The van der Waals surface area contributed by atoms with Gasteiger partial charge < -0.3 is 15.5 Å². The summed E-state index contributed by atoms with van der Waals surface area (Å²) in [6, 6.07) is 0.770. The number of piperidine rings is 1. The number of hydrogen-bond donors (Lipinski definition) is 2. The second-order valence-electron chi connectivity index (χ2n) is 6.95. The molecule has 1 saturated heterocycles. The summed E-state index contributed by atoms with van der Waals surface area (Å²) in [5, 5.41) is 7.93. The summed E-state index contributed by atoms with van der Waals surface area (Å²) in [4.78, 5) is 13.1. The van der Waals surface area contributed by atoms with Crippen molar-refractivity contribution in [2.45, 2.75) is 72.4 Å². The lowest BCUT2D eigenvalue weighted by molar-refractivity contribution is 0.158. The van der Waals surface area contributed by atoms with Gasteiger partial charge in [-0.25, -0.2) is 9.98 Å². The maximum absolute atomic E-state index is 4.71. The number of aliphatic imine (C=N–C) groups is 1. The molecule has 1 aliphatic heterocycles. The van der Waals surface area contributed by atoms with E-state index in [1.54, 1.807) is 11.3 Å². The highest BCUT2D eigenvalue weighted by molar-refractivity contribution is 7.11. The van der Waals surface area contributed by atoms with Crippen LogP contribution in [0.3, 0.4) is 0 Å². The molecule has 1 unspecified atom stereocenters. The predicted octanol–water partition coefficient (Wildman–Crippen LogP) is 3.47. The third kappa shape index (κ3) is 6.94. The number of guanidine groups is 1. The maximum atomic E-state index is 4.71. The highest BCUT2D eigenvalue weighted by atomic mass is 32.1. The molecule has 6 heteroatoms. The fraction of sp³-hybridized carbons (Fsp3) is 0.789. The highest BCUT2D eigenvalue weighted by Gasteiger charge is 2.16. The van der Waals surface area contributed by atoms with Crippen LogP contribution in [0.4, 0.5) is 0 Å². The summed E-state index contributed by atoms with van der Waals surface area (Å²) in [5.74, 6) is 0.916. The van der Waals surface area contributed by atoms with E-state index in [1.807, 2.05) is 0 Å². The lowest BCUT2D eigenvalue weighted by atomic mass is 10.0. The molecule has 0 bridgehead atoms. The zero-order valence-corrected chi connectivity index (χ0v) is 17.2. The number of nitrogens with one attached hydrogen (secondary N) is 2. The summed E-state index contributed by atoms with van der Waals surface area (Å²) in [6.45, 7) is 13.7. The minimum Gasteiger partial charge on any atom is -0.357 e. The van der Waals surface area contributed by atoms with E-state index in [4.69, 9.17) is 4.99 Å². The fourth-order valence-electron chi connectivity index (χ4n) is 3.35. The molecule has 1 aromatic rings. The topological polar surface area (TPSA) is 52.6 Å². The van der Waals surface area contributed by atoms with Crippen LogP contribution in [0.1, 0.15) is 61.5 Å². The molecule has 142 valence electrons. The van der Waals surface area contributed by atoms with Crippen LogP contribution in [-0.2, 0) is 6.54 Å². The van der Waals surface area contributed by atoms with Gasteiger partial charge in [-0.05, 0) is 66.5 Å². The maximum Gasteiger partial charge on any atom is 0.191 e. The van der Waals surface area contributed by atoms with E-state index >= 15 is 0 Å². The molecule has 2 N–H and O–H groups in total. The summed E-state index contributed by atoms with van der Waals surface area (Å²) >= 11 is 1.74. The first-order valence-electron chi connectivity index (χ1n) is 9.79. The molecule has 0 amide bonds. The van der Waals surface area contributed by atoms with Crippen LogP contribution < -0.4 is 10.6 Å². The number of aromatic nitrogens is 1. The van der Waals surface area contributed by atoms with E-state index in [0.29, 0.717) is 6.54 Å². The van der Waals surface area contributed by atoms with Gasteiger partial charge in [-0.3, -0.25) is 0 Å². The third-order valence-corrected chi connectivity index (χ3v) is 5.89. The first-order chi connectivity index (χ1) is 12.1. The molecule has 25 heavy (non-hydrogen) atoms. The second-order valence-corrected chi connectivity index (χ2v) is 8.24. The first-order valence-corrected chi connectivity index (χ1v) is 10.6. The Labute approximate surface area is 157 Å². The third-order valence-electron chi connectivity index (χ3n) is 4.83. The van der Waals surface area contributed by atoms with E-state index in [0.717, 1.165) is 35.8 Å². The Kier molecular flexibility index (Phi) is 8.68. The van der Waals surface area contributed by atoms with Crippen LogP contribution in [0.5, 0.6) is 0 Å². The molecule has 0 radical (unpaired) electrons. The van der Waals surface area contributed by atoms with Gasteiger partial charge in [0.2, 0.25) is 0 Å². The highest BCUT2D eigenvalue weighted by Crippen LogP contribution is 2.18. The molecule has 0 aromatic carbocycles. The van der Waals surface area contributed by atoms with Crippen molar-refractivity contribution in [3.8, 4) is 0 Å². The molecular formula is C19H35N5S. The van der Waals surface area contributed by atoms with E-state index < -0.39 is 0 Å². The Bertz CT molecular complexity index is 540. The van der Waals surface area contributed by atoms with Gasteiger partial charge in [0.1, 0.15) is 0 Å². The van der Waals surface area contributed by atoms with Gasteiger partial charge in [0, 0.05) is 24.0 Å². The zero-order chi connectivity index (χ0) is 18.1. The average Bonchev–Trinajstić information content (AvgIpc) is 2.91. The van der Waals surface area contributed by atoms with Crippen LogP contribution >= 0.6 is 11.3 Å². The first kappa shape index (κ1) is 20.2. The molecule has 1 fully saturated rings. The van der Waals surface area contributed by atoms with Gasteiger partial charge in [0.25, 0.3) is 0 Å². The molecule has 1 aromatic heterocycles. The minimum atomic E-state index is 0.706. The van der Waals surface area contributed by atoms with Crippen LogP contribution in [0.15, 0.2) is 4.99 Å². The number of aryl methyl sites for hydroxylation is 2. The largest absolute Gasteiger partial charge is 0.357 e. The van der Waals surface area contributed by atoms with Gasteiger partial charge in [0.15, 0.2) is 5.96 Å². The van der Waals surface area contributed by atoms with Crippen molar-refractivity contribution in [3.63, 3.8) is 0 Å². The normalized spacial score (nSPS) is 19.2. The van der Waals surface area contributed by atoms with Gasteiger partial charge in [-0.15, -0.1) is 11.3 Å². The van der Waals surface area contributed by atoms with E-state index in [-0.39, 0.29) is 0 Å². The number of nitrogens with zero attached hydrogens (tertiary/aromatic N) is 3. The summed E-state index contributed by atoms with van der Waals surface area (Å²) < 4.78 is 0. The number of likely N-dealkylation sites (tertiary alicyclic amines) is 1. The molecular weight excluding hydrogens is 330 g/mol. The fourth-order valence-corrected chi connectivity index (χ4v) is 4.21. The molecule has 2 rings (SSSR count). The Hall–Kier alpha value is -1.14. The predicted molar refractivity (Wildman–Crippen MR) is 109 cm³/mol. The second kappa shape index (κ2) is 10.8. The van der Waals surface area contributed by atoms with Gasteiger partial charge in [-0.2, -0.15) is 0 Å². The molecule has 0 spiro atoms. The van der Waals surface area contributed by atoms with Crippen LogP contribution in [0.2, 0.25) is 0 Å². The van der Waals surface area contributed by atoms with Crippen molar-refractivity contribution in [2.75, 3.05) is 26.2 Å². The molecule has 1 atom stereocenters. The number of hydrogen-bond acceptors (Lipinski definition) is 4. The van der Waals surface area contributed by atoms with Gasteiger partial charge in [0.05, 0.1) is 17.2 Å². The van der Waals surface area contributed by atoms with Crippen molar-refractivity contribution in [2.24, 2.45) is 4.99 Å². The van der Waals surface area contributed by atoms with E-state index in [9.17, 15) is 0 Å². The van der Waals surface area contributed by atoms with E-state index in [2.05, 4.69) is 48.2 Å². The van der Waals surface area contributed by atoms with E-state index in [1.165, 1.54) is 50.1 Å². The summed E-state index contributed by atoms with van der Waals surface area (Å²) in [7, 11) is 0. The van der Waals surface area contributed by atoms with Crippen LogP contribution in [0, 0.1) is 13.8 Å². The summed E-state index contributed by atoms with van der Waals surface area (Å²) in [6.07, 6.45) is 6.58. The Morgan fingerprint density at radius 1 is 1.28 bits per heavy atom. The summed E-state index contributed by atoms with van der Waals surface area (Å²) in [5.41, 5.74) is 1.11. The molecule has 5 nitrogen and oxygen atoms in total. The molecule has 2 heterocycles. The number of thiazole rings is 1. The number of rotatable bonds is 8. The van der Waals surface area contributed by atoms with Crippen LogP contribution in [-0.4, -0.2) is 48.1 Å². The quantitative estimate of drug-likeness (QED) is 0.421. The Morgan fingerprint density at radius 3 is 2.80 bits per heavy atom. The number of unbranched alkanes of at least 4 members (excludes halogenated alkanes) is 1. The molecule has 1 aliphatic rings. The van der Waals surface area contributed by atoms with Crippen molar-refractivity contribution in [1.29, 1.82) is 0 Å². The monoisotopic (exact) mass is 365 g/mol. The minimum absolute atomic E-state index is 0.706. The van der Waals surface area contributed by atoms with Crippen molar-refractivity contribution >= 4 is 17.3 Å². The average molecular weight is 366 g/mol. The Morgan fingerprint density at radius 2 is 2.12 bits per heavy atom. The SMILES string of the molecule is CCNC(=NCc1sc(C)nc1C)NCCCCN1CCCCC1C. The van der Waals surface area contributed by atoms with Gasteiger partial charge >= 0.3 is 0 Å². The molecule has 0 aliphatic carbocycles. The standard InChI is InChI=1S/C19H35N5S/c1-5-20-19(22-14-18-16(3)23-17(4)25-18)21-11-7-9-13-24-12-8-6-10-15(24)2/h15H,5-14H2,1-4H3,(H2,20,21,22). The van der Waals surface area contributed by atoms with Crippen molar-refractivity contribution in [3.05, 3.63) is 15.6 Å². The zero-order valence-electron chi connectivity index (χ0n) is 16.4. The smallest absolute Gasteiger partial charge is 0.191 e. The Balaban J connectivity index is 1.70. The van der Waals surface area contributed by atoms with Crippen LogP contribution in [0.25, 0.3) is 0 Å². The lowest BCUT2D eigenvalue weighted by Gasteiger charge is -2.33. The molecule has 0 saturated carbocycles. The van der Waals surface area contributed by atoms with Crippen molar-refractivity contribution < 1.29 is 0 Å².